The zero-order chi connectivity index (χ0) is 17.9. The highest BCUT2D eigenvalue weighted by molar-refractivity contribution is 5.89. The van der Waals surface area contributed by atoms with E-state index in [1.165, 1.54) is 0 Å². The van der Waals surface area contributed by atoms with Crippen molar-refractivity contribution in [3.05, 3.63) is 65.7 Å². The van der Waals surface area contributed by atoms with Gasteiger partial charge in [-0.1, -0.05) is 42.5 Å². The molecule has 1 aliphatic heterocycles. The first-order chi connectivity index (χ1) is 12.0. The summed E-state index contributed by atoms with van der Waals surface area (Å²) in [6.45, 7) is 5.34. The quantitative estimate of drug-likeness (QED) is 0.848. The third kappa shape index (κ3) is 4.00. The molecule has 2 aromatic carbocycles. The summed E-state index contributed by atoms with van der Waals surface area (Å²) in [5.41, 5.74) is 1.89. The fraction of sp³-hybridized carbons (Fsp3) is 0.350. The zero-order valence-corrected chi connectivity index (χ0v) is 14.6. The van der Waals surface area contributed by atoms with Crippen LogP contribution < -0.4 is 10.2 Å². The summed E-state index contributed by atoms with van der Waals surface area (Å²) in [5.74, 6) is 0. The zero-order valence-electron chi connectivity index (χ0n) is 14.6. The van der Waals surface area contributed by atoms with Crippen molar-refractivity contribution >= 4 is 11.8 Å². The average Bonchev–Trinajstić information content (AvgIpc) is 3.06. The Morgan fingerprint density at radius 3 is 2.48 bits per heavy atom. The van der Waals surface area contributed by atoms with Gasteiger partial charge in [0.05, 0.1) is 12.1 Å². The van der Waals surface area contributed by atoms with E-state index in [1.807, 2.05) is 61.5 Å². The van der Waals surface area contributed by atoms with Crippen molar-refractivity contribution < 1.29 is 14.6 Å². The van der Waals surface area contributed by atoms with Gasteiger partial charge < -0.3 is 15.2 Å². The van der Waals surface area contributed by atoms with Gasteiger partial charge in [0.25, 0.3) is 0 Å². The molecule has 1 amide bonds. The molecular weight excluding hydrogens is 316 g/mol. The number of anilines is 1. The lowest BCUT2D eigenvalue weighted by Crippen LogP contribution is -2.36. The van der Waals surface area contributed by atoms with Crippen molar-refractivity contribution in [1.82, 2.24) is 5.32 Å². The number of ether oxygens (including phenoxy) is 1. The van der Waals surface area contributed by atoms with Crippen LogP contribution in [0.1, 0.15) is 31.0 Å². The number of hydrogen-bond donors (Lipinski definition) is 2. The van der Waals surface area contributed by atoms with Crippen LogP contribution in [-0.2, 0) is 10.3 Å². The standard InChI is InChI=1S/C20H24N2O3/c1-15(21-14-20(2,24)17-6-4-3-5-7-17)16-8-10-18(11-9-16)22-12-13-25-19(22)23/h3-11,15,21,24H,12-14H2,1-2H3. The molecule has 1 heterocycles. The van der Waals surface area contributed by atoms with E-state index in [9.17, 15) is 9.90 Å². The Hall–Kier alpha value is -2.37. The molecule has 1 aliphatic rings. The summed E-state index contributed by atoms with van der Waals surface area (Å²) in [6, 6.07) is 17.6. The minimum absolute atomic E-state index is 0.0785. The second kappa shape index (κ2) is 7.25. The number of benzene rings is 2. The number of carbonyl (C=O) groups is 1. The number of cyclic esters (lactones) is 1. The van der Waals surface area contributed by atoms with Gasteiger partial charge in [-0.2, -0.15) is 0 Å². The number of hydrogen-bond acceptors (Lipinski definition) is 4. The smallest absolute Gasteiger partial charge is 0.414 e. The highest BCUT2D eigenvalue weighted by Crippen LogP contribution is 2.24. The lowest BCUT2D eigenvalue weighted by Gasteiger charge is -2.27. The normalized spacial score (nSPS) is 17.9. The Morgan fingerprint density at radius 2 is 1.88 bits per heavy atom. The van der Waals surface area contributed by atoms with Crippen LogP contribution in [-0.4, -0.2) is 30.9 Å². The molecular formula is C20H24N2O3. The van der Waals surface area contributed by atoms with Gasteiger partial charge in [-0.05, 0) is 37.1 Å². The monoisotopic (exact) mass is 340 g/mol. The molecule has 1 fully saturated rings. The Labute approximate surface area is 148 Å². The number of nitrogens with zero attached hydrogens (tertiary/aromatic N) is 1. The molecule has 2 unspecified atom stereocenters. The molecule has 1 saturated heterocycles. The van der Waals surface area contributed by atoms with Gasteiger partial charge in [0.2, 0.25) is 0 Å². The first kappa shape index (κ1) is 17.5. The molecule has 2 aromatic rings. The van der Waals surface area contributed by atoms with Gasteiger partial charge in [0.15, 0.2) is 0 Å². The minimum atomic E-state index is -0.936. The molecule has 2 N–H and O–H groups in total. The van der Waals surface area contributed by atoms with Gasteiger partial charge in [0, 0.05) is 18.3 Å². The van der Waals surface area contributed by atoms with Crippen molar-refractivity contribution in [2.75, 3.05) is 24.6 Å². The van der Waals surface area contributed by atoms with Crippen molar-refractivity contribution in [2.24, 2.45) is 0 Å². The number of amides is 1. The molecule has 25 heavy (non-hydrogen) atoms. The largest absolute Gasteiger partial charge is 0.447 e. The summed E-state index contributed by atoms with van der Waals surface area (Å²) in [4.78, 5) is 13.2. The summed E-state index contributed by atoms with van der Waals surface area (Å²) in [6.07, 6.45) is -0.294. The second-order valence-corrected chi connectivity index (χ2v) is 6.60. The molecule has 132 valence electrons. The molecule has 0 saturated carbocycles. The van der Waals surface area contributed by atoms with Crippen molar-refractivity contribution in [1.29, 1.82) is 0 Å². The van der Waals surface area contributed by atoms with Gasteiger partial charge in [-0.3, -0.25) is 4.90 Å². The number of aliphatic hydroxyl groups is 1. The Balaban J connectivity index is 1.61. The minimum Gasteiger partial charge on any atom is -0.447 e. The molecule has 0 spiro atoms. The van der Waals surface area contributed by atoms with Gasteiger partial charge in [-0.15, -0.1) is 0 Å². The highest BCUT2D eigenvalue weighted by Gasteiger charge is 2.25. The number of carbonyl (C=O) groups excluding carboxylic acids is 1. The van der Waals surface area contributed by atoms with E-state index in [-0.39, 0.29) is 12.1 Å². The summed E-state index contributed by atoms with van der Waals surface area (Å²) in [5, 5.41) is 14.1. The maximum atomic E-state index is 11.6. The SMILES string of the molecule is CC(NCC(C)(O)c1ccccc1)c1ccc(N2CCOC2=O)cc1. The van der Waals surface area contributed by atoms with Crippen LogP contribution in [0.4, 0.5) is 10.5 Å². The van der Waals surface area contributed by atoms with E-state index in [1.54, 1.807) is 4.90 Å². The first-order valence-corrected chi connectivity index (χ1v) is 8.53. The van der Waals surface area contributed by atoms with E-state index in [4.69, 9.17) is 4.74 Å². The van der Waals surface area contributed by atoms with Crippen molar-refractivity contribution in [3.8, 4) is 0 Å². The van der Waals surface area contributed by atoms with Gasteiger partial charge in [-0.25, -0.2) is 4.79 Å². The first-order valence-electron chi connectivity index (χ1n) is 8.53. The van der Waals surface area contributed by atoms with Crippen molar-refractivity contribution in [3.63, 3.8) is 0 Å². The van der Waals surface area contributed by atoms with Crippen LogP contribution in [0.5, 0.6) is 0 Å². The molecule has 0 aliphatic carbocycles. The van der Waals surface area contributed by atoms with Gasteiger partial charge >= 0.3 is 6.09 Å². The highest BCUT2D eigenvalue weighted by atomic mass is 16.6. The predicted molar refractivity (Wildman–Crippen MR) is 97.6 cm³/mol. The molecule has 5 heteroatoms. The third-order valence-electron chi connectivity index (χ3n) is 4.61. The van der Waals surface area contributed by atoms with Crippen LogP contribution in [0, 0.1) is 0 Å². The van der Waals surface area contributed by atoms with E-state index in [2.05, 4.69) is 12.2 Å². The van der Waals surface area contributed by atoms with Crippen LogP contribution in [0.3, 0.4) is 0 Å². The summed E-state index contributed by atoms with van der Waals surface area (Å²) in [7, 11) is 0. The maximum absolute atomic E-state index is 11.6. The predicted octanol–water partition coefficient (Wildman–Crippen LogP) is 3.20. The van der Waals surface area contributed by atoms with Crippen molar-refractivity contribution in [2.45, 2.75) is 25.5 Å². The number of nitrogens with one attached hydrogen (secondary N) is 1. The lowest BCUT2D eigenvalue weighted by atomic mass is 9.95. The fourth-order valence-electron chi connectivity index (χ4n) is 2.94. The second-order valence-electron chi connectivity index (χ2n) is 6.60. The molecule has 5 nitrogen and oxygen atoms in total. The molecule has 0 bridgehead atoms. The lowest BCUT2D eigenvalue weighted by molar-refractivity contribution is 0.0543. The number of rotatable bonds is 6. The Morgan fingerprint density at radius 1 is 1.20 bits per heavy atom. The van der Waals surface area contributed by atoms with E-state index in [0.717, 1.165) is 16.8 Å². The summed E-state index contributed by atoms with van der Waals surface area (Å²) < 4.78 is 4.96. The van der Waals surface area contributed by atoms with Gasteiger partial charge in [0.1, 0.15) is 6.61 Å². The molecule has 3 rings (SSSR count). The van der Waals surface area contributed by atoms with Crippen LogP contribution >= 0.6 is 0 Å². The fourth-order valence-corrected chi connectivity index (χ4v) is 2.94. The molecule has 0 radical (unpaired) electrons. The third-order valence-corrected chi connectivity index (χ3v) is 4.61. The van der Waals surface area contributed by atoms with E-state index >= 15 is 0 Å². The Kier molecular flexibility index (Phi) is 5.06. The van der Waals surface area contributed by atoms with Crippen LogP contribution in [0.25, 0.3) is 0 Å². The van der Waals surface area contributed by atoms with Crippen LogP contribution in [0.2, 0.25) is 0 Å². The summed E-state index contributed by atoms with van der Waals surface area (Å²) >= 11 is 0. The molecule has 2 atom stereocenters. The Bertz CT molecular complexity index is 713. The van der Waals surface area contributed by atoms with E-state index in [0.29, 0.717) is 19.7 Å². The molecule has 0 aromatic heterocycles. The average molecular weight is 340 g/mol. The van der Waals surface area contributed by atoms with E-state index < -0.39 is 5.60 Å². The van der Waals surface area contributed by atoms with Crippen LogP contribution in [0.15, 0.2) is 54.6 Å². The maximum Gasteiger partial charge on any atom is 0.414 e. The topological polar surface area (TPSA) is 61.8 Å².